The summed E-state index contributed by atoms with van der Waals surface area (Å²) in [5.74, 6) is 1.27. The maximum absolute atomic E-state index is 12.4. The molecule has 0 aromatic heterocycles. The van der Waals surface area contributed by atoms with Crippen LogP contribution in [-0.2, 0) is 12.8 Å². The molecule has 41 heavy (non-hydrogen) atoms. The van der Waals surface area contributed by atoms with Gasteiger partial charge in [-0.2, -0.15) is 0 Å². The Morgan fingerprint density at radius 3 is 2.10 bits per heavy atom. The van der Waals surface area contributed by atoms with Crippen LogP contribution >= 0.6 is 24.8 Å². The van der Waals surface area contributed by atoms with Gasteiger partial charge in [-0.15, -0.1) is 24.8 Å². The Morgan fingerprint density at radius 2 is 1.54 bits per heavy atom. The van der Waals surface area contributed by atoms with Gasteiger partial charge in [-0.1, -0.05) is 6.92 Å². The molecule has 2 amide bonds. The predicted molar refractivity (Wildman–Crippen MR) is 162 cm³/mol. The number of likely N-dealkylation sites (N-methyl/N-ethyl adjacent to an activating group) is 1. The van der Waals surface area contributed by atoms with E-state index in [4.69, 9.17) is 15.2 Å². The van der Waals surface area contributed by atoms with Crippen molar-refractivity contribution >= 4 is 36.6 Å². The van der Waals surface area contributed by atoms with Gasteiger partial charge in [-0.25, -0.2) is 8.78 Å². The summed E-state index contributed by atoms with van der Waals surface area (Å²) in [6.07, 6.45) is 3.25. The molecule has 0 aliphatic carbocycles. The minimum absolute atomic E-state index is 0. The summed E-state index contributed by atoms with van der Waals surface area (Å²) in [6.45, 7) is 7.04. The topological polar surface area (TPSA) is 93.9 Å². The molecule has 4 rings (SSSR count). The van der Waals surface area contributed by atoms with Crippen molar-refractivity contribution in [1.29, 1.82) is 0 Å². The van der Waals surface area contributed by atoms with Crippen LogP contribution in [0, 0.1) is 0 Å². The molecule has 2 heterocycles. The third-order valence-corrected chi connectivity index (χ3v) is 6.65. The summed E-state index contributed by atoms with van der Waals surface area (Å²) in [5.41, 5.74) is 9.45. The standard InChI is InChI=1S/C15H19FN2O2.C15H18FNO2.2ClH/c1-15(2)6-11-5-12(20-9-10(7-16)8-17)3-4-13(11)14(19)18-15;1-3-11(9-16)10-19-13-4-5-14-12(8-13)6-7-17(2)15(14)18;;/h3-5,7H,6,8-9,17H2,1-2H3,(H,18,19);4-5,8-9H,3,6-7,10H2,1-2H3;2*1H. The number of hydrogen-bond donors (Lipinski definition) is 2. The van der Waals surface area contributed by atoms with E-state index >= 15 is 0 Å². The predicted octanol–water partition coefficient (Wildman–Crippen LogP) is 5.74. The fraction of sp³-hybridized carbons (Fsp3) is 0.400. The highest BCUT2D eigenvalue weighted by atomic mass is 35.5. The van der Waals surface area contributed by atoms with Crippen LogP contribution in [0.15, 0.2) is 60.2 Å². The van der Waals surface area contributed by atoms with Crippen LogP contribution in [0.2, 0.25) is 0 Å². The zero-order valence-corrected chi connectivity index (χ0v) is 25.4. The summed E-state index contributed by atoms with van der Waals surface area (Å²) in [7, 11) is 1.80. The molecule has 0 radical (unpaired) electrons. The summed E-state index contributed by atoms with van der Waals surface area (Å²) >= 11 is 0. The van der Waals surface area contributed by atoms with Gasteiger partial charge in [0.2, 0.25) is 0 Å². The van der Waals surface area contributed by atoms with E-state index in [1.54, 1.807) is 36.2 Å². The number of halogens is 4. The zero-order chi connectivity index (χ0) is 28.6. The second kappa shape index (κ2) is 16.3. The van der Waals surface area contributed by atoms with E-state index in [1.165, 1.54) is 0 Å². The molecule has 0 bridgehead atoms. The largest absolute Gasteiger partial charge is 0.489 e. The number of carbonyl (C=O) groups excluding carboxylic acids is 2. The molecule has 0 fully saturated rings. The number of rotatable bonds is 8. The van der Waals surface area contributed by atoms with Gasteiger partial charge in [0.1, 0.15) is 24.7 Å². The average Bonchev–Trinajstić information content (AvgIpc) is 2.91. The van der Waals surface area contributed by atoms with E-state index in [1.807, 2.05) is 32.9 Å². The smallest absolute Gasteiger partial charge is 0.253 e. The van der Waals surface area contributed by atoms with Crippen molar-refractivity contribution in [2.45, 2.75) is 45.6 Å². The minimum Gasteiger partial charge on any atom is -0.489 e. The minimum atomic E-state index is -0.274. The molecular formula is C30H39Cl2F2N3O4. The molecule has 3 N–H and O–H groups in total. The zero-order valence-electron chi connectivity index (χ0n) is 23.8. The lowest BCUT2D eigenvalue weighted by molar-refractivity contribution is 0.0780. The number of nitrogens with two attached hydrogens (primary N) is 1. The number of ether oxygens (including phenoxy) is 2. The monoisotopic (exact) mass is 613 g/mol. The summed E-state index contributed by atoms with van der Waals surface area (Å²) < 4.78 is 35.9. The molecule has 0 unspecified atom stereocenters. The van der Waals surface area contributed by atoms with E-state index in [2.05, 4.69) is 5.32 Å². The fourth-order valence-corrected chi connectivity index (χ4v) is 4.29. The van der Waals surface area contributed by atoms with E-state index in [0.29, 0.717) is 47.3 Å². The molecular weight excluding hydrogens is 575 g/mol. The molecule has 0 spiro atoms. The molecule has 7 nitrogen and oxygen atoms in total. The number of fused-ring (bicyclic) bond motifs is 2. The van der Waals surface area contributed by atoms with Crippen LogP contribution in [0.4, 0.5) is 8.78 Å². The molecule has 2 aliphatic heterocycles. The second-order valence-electron chi connectivity index (χ2n) is 10.3. The summed E-state index contributed by atoms with van der Waals surface area (Å²) in [4.78, 5) is 25.6. The summed E-state index contributed by atoms with van der Waals surface area (Å²) in [6, 6.07) is 10.7. The van der Waals surface area contributed by atoms with Crippen LogP contribution in [0.3, 0.4) is 0 Å². The molecule has 2 aromatic carbocycles. The maximum atomic E-state index is 12.4. The van der Waals surface area contributed by atoms with Gasteiger partial charge < -0.3 is 25.4 Å². The van der Waals surface area contributed by atoms with Gasteiger partial charge in [0.25, 0.3) is 11.8 Å². The first-order valence-electron chi connectivity index (χ1n) is 13.0. The Balaban J connectivity index is 0.000000391. The van der Waals surface area contributed by atoms with Gasteiger partial charge in [0.05, 0.1) is 12.7 Å². The third kappa shape index (κ3) is 9.73. The van der Waals surface area contributed by atoms with Gasteiger partial charge in [0.15, 0.2) is 0 Å². The number of amides is 2. The van der Waals surface area contributed by atoms with Gasteiger partial charge in [-0.05, 0) is 86.2 Å². The number of nitrogens with zero attached hydrogens (tertiary/aromatic N) is 1. The average molecular weight is 615 g/mol. The Kier molecular flexibility index (Phi) is 14.3. The van der Waals surface area contributed by atoms with Crippen LogP contribution in [0.5, 0.6) is 11.5 Å². The molecule has 0 saturated heterocycles. The SMILES string of the molecule is CC1(C)Cc2cc(OCC(=CF)CN)ccc2C(=O)N1.CCC(=CF)COc1ccc2c(c1)CCN(C)C2=O.Cl.Cl. The normalized spacial score (nSPS) is 15.6. The molecule has 226 valence electrons. The molecule has 2 aromatic rings. The highest BCUT2D eigenvalue weighted by Gasteiger charge is 2.30. The van der Waals surface area contributed by atoms with E-state index < -0.39 is 0 Å². The Morgan fingerprint density at radius 1 is 0.976 bits per heavy atom. The van der Waals surface area contributed by atoms with Crippen LogP contribution < -0.4 is 20.5 Å². The van der Waals surface area contributed by atoms with Gasteiger partial charge in [0, 0.05) is 42.4 Å². The molecule has 11 heteroatoms. The first-order valence-corrected chi connectivity index (χ1v) is 13.0. The number of hydrogen-bond acceptors (Lipinski definition) is 5. The Bertz CT molecular complexity index is 1270. The van der Waals surface area contributed by atoms with Crippen molar-refractivity contribution in [1.82, 2.24) is 10.2 Å². The van der Waals surface area contributed by atoms with Gasteiger partial charge >= 0.3 is 0 Å². The fourth-order valence-electron chi connectivity index (χ4n) is 4.29. The highest BCUT2D eigenvalue weighted by molar-refractivity contribution is 5.97. The molecule has 2 aliphatic rings. The third-order valence-electron chi connectivity index (χ3n) is 6.65. The molecule has 0 saturated carbocycles. The van der Waals surface area contributed by atoms with Crippen molar-refractivity contribution in [2.75, 3.05) is 33.4 Å². The van der Waals surface area contributed by atoms with Crippen LogP contribution in [0.25, 0.3) is 0 Å². The lowest BCUT2D eigenvalue weighted by atomic mass is 9.87. The maximum Gasteiger partial charge on any atom is 0.253 e. The Hall–Kier alpha value is -3.14. The van der Waals surface area contributed by atoms with Crippen molar-refractivity contribution in [3.8, 4) is 11.5 Å². The number of nitrogens with one attached hydrogen (secondary N) is 1. The first kappa shape index (κ1) is 35.9. The number of carbonyl (C=O) groups is 2. The van der Waals surface area contributed by atoms with Crippen LogP contribution in [-0.4, -0.2) is 55.6 Å². The van der Waals surface area contributed by atoms with Crippen molar-refractivity contribution in [2.24, 2.45) is 5.73 Å². The number of benzene rings is 2. The summed E-state index contributed by atoms with van der Waals surface area (Å²) in [5, 5.41) is 2.94. The van der Waals surface area contributed by atoms with Gasteiger partial charge in [-0.3, -0.25) is 9.59 Å². The van der Waals surface area contributed by atoms with E-state index in [9.17, 15) is 18.4 Å². The first-order chi connectivity index (χ1) is 18.6. The second-order valence-corrected chi connectivity index (χ2v) is 10.3. The van der Waals surface area contributed by atoms with Crippen molar-refractivity contribution in [3.63, 3.8) is 0 Å². The lowest BCUT2D eigenvalue weighted by Gasteiger charge is -2.32. The van der Waals surface area contributed by atoms with E-state index in [-0.39, 0.29) is 61.9 Å². The van der Waals surface area contributed by atoms with Crippen LogP contribution in [0.1, 0.15) is 59.0 Å². The van der Waals surface area contributed by atoms with Crippen molar-refractivity contribution in [3.05, 3.63) is 82.5 Å². The quantitative estimate of drug-likeness (QED) is 0.396. The van der Waals surface area contributed by atoms with E-state index in [0.717, 1.165) is 36.1 Å². The highest BCUT2D eigenvalue weighted by Crippen LogP contribution is 2.27. The lowest BCUT2D eigenvalue weighted by Crippen LogP contribution is -2.49. The Labute approximate surface area is 253 Å². The molecule has 0 atom stereocenters. The van der Waals surface area contributed by atoms with Crippen molar-refractivity contribution < 1.29 is 27.8 Å².